The molecule has 1 heterocycles. The van der Waals surface area contributed by atoms with Crippen molar-refractivity contribution in [2.24, 2.45) is 0 Å². The fourth-order valence-electron chi connectivity index (χ4n) is 0.839. The summed E-state index contributed by atoms with van der Waals surface area (Å²) in [5.41, 5.74) is 6.73. The Balaban J connectivity index is 2.31. The molecule has 0 bridgehead atoms. The first kappa shape index (κ1) is 6.51. The summed E-state index contributed by atoms with van der Waals surface area (Å²) in [7, 11) is 0. The molecular formula is C5H10N3O. The maximum absolute atomic E-state index is 10.4. The maximum Gasteiger partial charge on any atom is 0.256 e. The molecule has 1 radical (unpaired) electrons. The van der Waals surface area contributed by atoms with Crippen molar-refractivity contribution in [1.82, 2.24) is 16.4 Å². The van der Waals surface area contributed by atoms with Crippen LogP contribution in [0.2, 0.25) is 0 Å². The number of nitrogens with one attached hydrogen (secondary N) is 3. The molecule has 1 fully saturated rings. The molecule has 0 saturated carbocycles. The van der Waals surface area contributed by atoms with Gasteiger partial charge in [0, 0.05) is 19.6 Å². The lowest BCUT2D eigenvalue weighted by molar-refractivity contribution is -0.120. The average molecular weight is 128 g/mol. The molecule has 0 spiro atoms. The molecule has 9 heavy (non-hydrogen) atoms. The smallest absolute Gasteiger partial charge is 0.256 e. The zero-order chi connectivity index (χ0) is 6.69. The number of rotatable bonds is 1. The van der Waals surface area contributed by atoms with Crippen molar-refractivity contribution in [3.63, 3.8) is 0 Å². The molecule has 51 valence electrons. The summed E-state index contributed by atoms with van der Waals surface area (Å²) >= 11 is 0. The third-order valence-electron chi connectivity index (χ3n) is 1.36. The van der Waals surface area contributed by atoms with Crippen molar-refractivity contribution in [2.45, 2.75) is 6.04 Å². The van der Waals surface area contributed by atoms with Gasteiger partial charge in [0.25, 0.3) is 5.91 Å². The summed E-state index contributed by atoms with van der Waals surface area (Å²) in [4.78, 5) is 10.4. The molecule has 1 unspecified atom stereocenters. The van der Waals surface area contributed by atoms with E-state index in [1.165, 1.54) is 0 Å². The molecule has 4 heteroatoms. The first-order valence-electron chi connectivity index (χ1n) is 3.00. The summed E-state index contributed by atoms with van der Waals surface area (Å²) in [6, 6.07) is -0.279. The van der Waals surface area contributed by atoms with Crippen LogP contribution in [0.5, 0.6) is 0 Å². The first-order chi connectivity index (χ1) is 4.30. The minimum atomic E-state index is -0.526. The van der Waals surface area contributed by atoms with E-state index in [0.717, 1.165) is 13.1 Å². The van der Waals surface area contributed by atoms with Crippen LogP contribution in [0, 0.1) is 0 Å². The summed E-state index contributed by atoms with van der Waals surface area (Å²) < 4.78 is 0. The normalized spacial score (nSPS) is 27.8. The highest BCUT2D eigenvalue weighted by Crippen LogP contribution is 1.84. The Morgan fingerprint density at radius 2 is 2.33 bits per heavy atom. The van der Waals surface area contributed by atoms with Crippen molar-refractivity contribution < 1.29 is 4.79 Å². The minimum absolute atomic E-state index is 0.279. The quantitative estimate of drug-likeness (QED) is 0.445. The van der Waals surface area contributed by atoms with Crippen LogP contribution in [0.1, 0.15) is 0 Å². The van der Waals surface area contributed by atoms with E-state index < -0.39 is 5.91 Å². The molecule has 3 N–H and O–H groups in total. The average Bonchev–Trinajstić information content (AvgIpc) is 1.90. The lowest BCUT2D eigenvalue weighted by Gasteiger charge is -2.20. The zero-order valence-corrected chi connectivity index (χ0v) is 5.11. The third kappa shape index (κ3) is 1.65. The van der Waals surface area contributed by atoms with Gasteiger partial charge in [-0.1, -0.05) is 0 Å². The standard InChI is InChI=1S/C5H10N3O/c6-5(9)4-3-7-1-2-8-4/h4,6-8H,1-3H2. The highest BCUT2D eigenvalue weighted by atomic mass is 16.1. The van der Waals surface area contributed by atoms with E-state index in [1.54, 1.807) is 0 Å². The van der Waals surface area contributed by atoms with E-state index in [-0.39, 0.29) is 6.04 Å². The van der Waals surface area contributed by atoms with Gasteiger partial charge in [-0.05, 0) is 0 Å². The number of amides is 1. The third-order valence-corrected chi connectivity index (χ3v) is 1.36. The molecular weight excluding hydrogens is 118 g/mol. The highest BCUT2D eigenvalue weighted by molar-refractivity contribution is 5.79. The Kier molecular flexibility index (Phi) is 2.02. The summed E-state index contributed by atoms with van der Waals surface area (Å²) in [6.45, 7) is 2.28. The minimum Gasteiger partial charge on any atom is -0.313 e. The van der Waals surface area contributed by atoms with Gasteiger partial charge in [-0.3, -0.25) is 10.5 Å². The second-order valence-corrected chi connectivity index (χ2v) is 2.08. The number of hydrogen-bond acceptors (Lipinski definition) is 3. The molecule has 0 aromatic carbocycles. The number of carbonyl (C=O) groups excluding carboxylic acids is 1. The SMILES string of the molecule is [NH]C(=O)C1CNCCN1. The molecule has 1 rings (SSSR count). The van der Waals surface area contributed by atoms with E-state index in [1.807, 2.05) is 0 Å². The van der Waals surface area contributed by atoms with Crippen molar-refractivity contribution in [1.29, 1.82) is 0 Å². The molecule has 1 saturated heterocycles. The van der Waals surface area contributed by atoms with Gasteiger partial charge in [0.05, 0.1) is 0 Å². The zero-order valence-electron chi connectivity index (χ0n) is 5.11. The fraction of sp³-hybridized carbons (Fsp3) is 0.800. The van der Waals surface area contributed by atoms with Crippen LogP contribution in [-0.4, -0.2) is 31.6 Å². The molecule has 0 aromatic rings. The van der Waals surface area contributed by atoms with Gasteiger partial charge in [0.2, 0.25) is 0 Å². The fourth-order valence-corrected chi connectivity index (χ4v) is 0.839. The summed E-state index contributed by atoms with van der Waals surface area (Å²) in [6.07, 6.45) is 0. The van der Waals surface area contributed by atoms with Crippen molar-refractivity contribution in [2.75, 3.05) is 19.6 Å². The van der Waals surface area contributed by atoms with Crippen LogP contribution < -0.4 is 16.4 Å². The second kappa shape index (κ2) is 2.80. The molecule has 1 atom stereocenters. The molecule has 1 aliphatic rings. The van der Waals surface area contributed by atoms with E-state index in [2.05, 4.69) is 10.6 Å². The molecule has 1 amide bonds. The van der Waals surface area contributed by atoms with Crippen molar-refractivity contribution in [3.8, 4) is 0 Å². The van der Waals surface area contributed by atoms with Crippen LogP contribution in [-0.2, 0) is 4.79 Å². The van der Waals surface area contributed by atoms with Gasteiger partial charge < -0.3 is 10.6 Å². The Morgan fingerprint density at radius 3 is 2.67 bits per heavy atom. The van der Waals surface area contributed by atoms with Gasteiger partial charge in [-0.2, -0.15) is 0 Å². The van der Waals surface area contributed by atoms with Gasteiger partial charge in [-0.15, -0.1) is 0 Å². The topological polar surface area (TPSA) is 64.9 Å². The van der Waals surface area contributed by atoms with E-state index in [9.17, 15) is 4.79 Å². The van der Waals surface area contributed by atoms with Crippen molar-refractivity contribution >= 4 is 5.91 Å². The van der Waals surface area contributed by atoms with Crippen LogP contribution in [0.15, 0.2) is 0 Å². The number of hydrogen-bond donors (Lipinski definition) is 2. The Bertz CT molecular complexity index is 109. The summed E-state index contributed by atoms with van der Waals surface area (Å²) in [5.74, 6) is -0.526. The van der Waals surface area contributed by atoms with Gasteiger partial charge in [-0.25, -0.2) is 0 Å². The molecule has 4 nitrogen and oxygen atoms in total. The molecule has 1 aliphatic heterocycles. The molecule has 0 aliphatic carbocycles. The van der Waals surface area contributed by atoms with Gasteiger partial charge in [0.1, 0.15) is 6.04 Å². The van der Waals surface area contributed by atoms with E-state index in [4.69, 9.17) is 5.73 Å². The predicted molar refractivity (Wildman–Crippen MR) is 32.8 cm³/mol. The van der Waals surface area contributed by atoms with E-state index in [0.29, 0.717) is 6.54 Å². The first-order valence-corrected chi connectivity index (χ1v) is 3.00. The van der Waals surface area contributed by atoms with Crippen molar-refractivity contribution in [3.05, 3.63) is 0 Å². The van der Waals surface area contributed by atoms with Crippen LogP contribution in [0.3, 0.4) is 0 Å². The monoisotopic (exact) mass is 128 g/mol. The largest absolute Gasteiger partial charge is 0.313 e. The van der Waals surface area contributed by atoms with Crippen LogP contribution in [0.25, 0.3) is 0 Å². The Labute approximate surface area is 53.8 Å². The predicted octanol–water partition coefficient (Wildman–Crippen LogP) is -1.64. The van der Waals surface area contributed by atoms with Gasteiger partial charge in [0.15, 0.2) is 0 Å². The Morgan fingerprint density at radius 1 is 1.56 bits per heavy atom. The summed E-state index contributed by atoms with van der Waals surface area (Å²) in [5, 5.41) is 5.93. The number of piperazine rings is 1. The Hall–Kier alpha value is -0.610. The highest BCUT2D eigenvalue weighted by Gasteiger charge is 2.16. The maximum atomic E-state index is 10.4. The lowest BCUT2D eigenvalue weighted by Crippen LogP contribution is -2.52. The number of carbonyl (C=O) groups is 1. The van der Waals surface area contributed by atoms with Gasteiger partial charge >= 0.3 is 0 Å². The molecule has 0 aromatic heterocycles. The van der Waals surface area contributed by atoms with Crippen LogP contribution >= 0.6 is 0 Å². The van der Waals surface area contributed by atoms with Crippen LogP contribution in [0.4, 0.5) is 0 Å². The second-order valence-electron chi connectivity index (χ2n) is 2.08. The van der Waals surface area contributed by atoms with E-state index >= 15 is 0 Å². The lowest BCUT2D eigenvalue weighted by atomic mass is 10.2.